The van der Waals surface area contributed by atoms with Crippen LogP contribution >= 0.6 is 0 Å². The molecule has 1 aliphatic heterocycles. The first-order chi connectivity index (χ1) is 9.30. The van der Waals surface area contributed by atoms with E-state index >= 15 is 0 Å². The average molecular weight is 307 g/mol. The lowest BCUT2D eigenvalue weighted by Gasteiger charge is -2.20. The second kappa shape index (κ2) is 7.80. The van der Waals surface area contributed by atoms with E-state index in [1.165, 1.54) is 11.4 Å². The van der Waals surface area contributed by atoms with Crippen LogP contribution < -0.4 is 10.6 Å². The standard InChI is InChI=1S/C12H25N3O4S/c1-10(11-6-4-9-19-11)14-12(16)13-7-5-8-15(2)20(3,17)18/h10-11H,4-9H2,1-3H3,(H2,13,14,16)/t10-,11-/m1/s1. The molecule has 1 saturated heterocycles. The topological polar surface area (TPSA) is 87.7 Å². The van der Waals surface area contributed by atoms with Crippen molar-refractivity contribution in [2.45, 2.75) is 38.3 Å². The molecule has 0 aromatic carbocycles. The summed E-state index contributed by atoms with van der Waals surface area (Å²) in [6.07, 6.45) is 3.84. The summed E-state index contributed by atoms with van der Waals surface area (Å²) in [7, 11) is -1.62. The number of urea groups is 1. The van der Waals surface area contributed by atoms with Crippen molar-refractivity contribution in [1.82, 2.24) is 14.9 Å². The van der Waals surface area contributed by atoms with Gasteiger partial charge in [0.05, 0.1) is 18.4 Å². The minimum atomic E-state index is -3.15. The molecule has 0 spiro atoms. The summed E-state index contributed by atoms with van der Waals surface area (Å²) in [4.78, 5) is 11.6. The highest BCUT2D eigenvalue weighted by molar-refractivity contribution is 7.88. The maximum atomic E-state index is 11.6. The van der Waals surface area contributed by atoms with Crippen molar-refractivity contribution in [1.29, 1.82) is 0 Å². The highest BCUT2D eigenvalue weighted by atomic mass is 32.2. The molecule has 1 heterocycles. The minimum Gasteiger partial charge on any atom is -0.376 e. The number of sulfonamides is 1. The van der Waals surface area contributed by atoms with E-state index in [1.54, 1.807) is 0 Å². The van der Waals surface area contributed by atoms with E-state index in [-0.39, 0.29) is 18.2 Å². The summed E-state index contributed by atoms with van der Waals surface area (Å²) >= 11 is 0. The molecule has 118 valence electrons. The second-order valence-corrected chi connectivity index (χ2v) is 7.27. The van der Waals surface area contributed by atoms with Gasteiger partial charge in [0, 0.05) is 26.7 Å². The monoisotopic (exact) mass is 307 g/mol. The van der Waals surface area contributed by atoms with Crippen LogP contribution in [0, 0.1) is 0 Å². The third kappa shape index (κ3) is 6.06. The molecule has 0 aromatic rings. The van der Waals surface area contributed by atoms with Crippen molar-refractivity contribution in [3.63, 3.8) is 0 Å². The van der Waals surface area contributed by atoms with Gasteiger partial charge in [0.15, 0.2) is 0 Å². The number of ether oxygens (including phenoxy) is 1. The van der Waals surface area contributed by atoms with E-state index in [2.05, 4.69) is 10.6 Å². The minimum absolute atomic E-state index is 0.0174. The summed E-state index contributed by atoms with van der Waals surface area (Å²) < 4.78 is 29.1. The predicted octanol–water partition coefficient (Wildman–Crippen LogP) is 0.135. The fraction of sp³-hybridized carbons (Fsp3) is 0.917. The fourth-order valence-electron chi connectivity index (χ4n) is 2.02. The lowest BCUT2D eigenvalue weighted by atomic mass is 10.1. The van der Waals surface area contributed by atoms with E-state index in [0.29, 0.717) is 19.5 Å². The molecule has 1 aliphatic rings. The van der Waals surface area contributed by atoms with Crippen LogP contribution in [0.25, 0.3) is 0 Å². The highest BCUT2D eigenvalue weighted by Gasteiger charge is 2.23. The van der Waals surface area contributed by atoms with Gasteiger partial charge in [-0.05, 0) is 26.2 Å². The lowest BCUT2D eigenvalue weighted by molar-refractivity contribution is 0.0860. The fourth-order valence-corrected chi connectivity index (χ4v) is 2.48. The Morgan fingerprint density at radius 1 is 1.50 bits per heavy atom. The molecule has 0 saturated carbocycles. The van der Waals surface area contributed by atoms with Crippen molar-refractivity contribution in [3.05, 3.63) is 0 Å². The van der Waals surface area contributed by atoms with E-state index in [0.717, 1.165) is 25.7 Å². The van der Waals surface area contributed by atoms with Crippen LogP contribution in [0.1, 0.15) is 26.2 Å². The molecule has 2 N–H and O–H groups in total. The summed E-state index contributed by atoms with van der Waals surface area (Å²) in [6.45, 7) is 3.51. The van der Waals surface area contributed by atoms with Gasteiger partial charge in [-0.2, -0.15) is 0 Å². The van der Waals surface area contributed by atoms with Crippen LogP contribution in [0.5, 0.6) is 0 Å². The van der Waals surface area contributed by atoms with Crippen molar-refractivity contribution in [2.75, 3.05) is 33.0 Å². The molecule has 0 bridgehead atoms. The van der Waals surface area contributed by atoms with Gasteiger partial charge in [0.1, 0.15) is 0 Å². The van der Waals surface area contributed by atoms with Crippen LogP contribution in [0.4, 0.5) is 4.79 Å². The Labute approximate surface area is 121 Å². The molecule has 20 heavy (non-hydrogen) atoms. The first kappa shape index (κ1) is 17.2. The number of hydrogen-bond donors (Lipinski definition) is 2. The van der Waals surface area contributed by atoms with E-state index in [1.807, 2.05) is 6.92 Å². The van der Waals surface area contributed by atoms with Gasteiger partial charge in [-0.1, -0.05) is 0 Å². The molecule has 2 atom stereocenters. The van der Waals surface area contributed by atoms with Crippen LogP contribution in [0.2, 0.25) is 0 Å². The molecule has 1 rings (SSSR count). The maximum absolute atomic E-state index is 11.6. The molecule has 0 radical (unpaired) electrons. The molecule has 0 unspecified atom stereocenters. The molecule has 0 aromatic heterocycles. The Balaban J connectivity index is 2.14. The largest absolute Gasteiger partial charge is 0.376 e. The number of carbonyl (C=O) groups is 1. The Morgan fingerprint density at radius 2 is 2.20 bits per heavy atom. The molecular formula is C12H25N3O4S. The van der Waals surface area contributed by atoms with Crippen LogP contribution in [-0.4, -0.2) is 63.9 Å². The molecule has 0 aliphatic carbocycles. The van der Waals surface area contributed by atoms with Gasteiger partial charge in [-0.3, -0.25) is 0 Å². The van der Waals surface area contributed by atoms with Crippen LogP contribution in [-0.2, 0) is 14.8 Å². The third-order valence-electron chi connectivity index (χ3n) is 3.38. The van der Waals surface area contributed by atoms with Crippen molar-refractivity contribution in [3.8, 4) is 0 Å². The third-order valence-corrected chi connectivity index (χ3v) is 4.70. The smallest absolute Gasteiger partial charge is 0.315 e. The Hall–Kier alpha value is -0.860. The number of rotatable bonds is 7. The number of nitrogens with one attached hydrogen (secondary N) is 2. The number of amides is 2. The van der Waals surface area contributed by atoms with Gasteiger partial charge in [-0.25, -0.2) is 17.5 Å². The van der Waals surface area contributed by atoms with E-state index < -0.39 is 10.0 Å². The van der Waals surface area contributed by atoms with Gasteiger partial charge in [-0.15, -0.1) is 0 Å². The summed E-state index contributed by atoms with van der Waals surface area (Å²) in [5, 5.41) is 5.55. The van der Waals surface area contributed by atoms with E-state index in [9.17, 15) is 13.2 Å². The molecule has 1 fully saturated rings. The number of hydrogen-bond acceptors (Lipinski definition) is 4. The van der Waals surface area contributed by atoms with Crippen molar-refractivity contribution >= 4 is 16.1 Å². The van der Waals surface area contributed by atoms with Gasteiger partial charge >= 0.3 is 6.03 Å². The number of nitrogens with zero attached hydrogens (tertiary/aromatic N) is 1. The van der Waals surface area contributed by atoms with Crippen molar-refractivity contribution < 1.29 is 17.9 Å². The quantitative estimate of drug-likeness (QED) is 0.655. The summed E-state index contributed by atoms with van der Waals surface area (Å²) in [5.41, 5.74) is 0. The van der Waals surface area contributed by atoms with Gasteiger partial charge < -0.3 is 15.4 Å². The number of carbonyl (C=O) groups excluding carboxylic acids is 1. The Kier molecular flexibility index (Phi) is 6.70. The Bertz CT molecular complexity index is 407. The zero-order chi connectivity index (χ0) is 15.2. The summed E-state index contributed by atoms with van der Waals surface area (Å²) in [5.74, 6) is 0. The lowest BCUT2D eigenvalue weighted by Crippen LogP contribution is -2.46. The van der Waals surface area contributed by atoms with Crippen LogP contribution in [0.15, 0.2) is 0 Å². The predicted molar refractivity (Wildman–Crippen MR) is 77.1 cm³/mol. The zero-order valence-corrected chi connectivity index (χ0v) is 13.2. The Morgan fingerprint density at radius 3 is 2.75 bits per heavy atom. The molecule has 8 heteroatoms. The first-order valence-electron chi connectivity index (χ1n) is 6.88. The van der Waals surface area contributed by atoms with Crippen molar-refractivity contribution in [2.24, 2.45) is 0 Å². The average Bonchev–Trinajstić information content (AvgIpc) is 2.86. The second-order valence-electron chi connectivity index (χ2n) is 5.18. The molecule has 2 amide bonds. The summed E-state index contributed by atoms with van der Waals surface area (Å²) in [6, 6.07) is -0.258. The van der Waals surface area contributed by atoms with Crippen LogP contribution in [0.3, 0.4) is 0 Å². The SMILES string of the molecule is C[C@@H](NC(=O)NCCCN(C)S(C)(=O)=O)[C@H]1CCCO1. The highest BCUT2D eigenvalue weighted by Crippen LogP contribution is 2.15. The van der Waals surface area contributed by atoms with E-state index in [4.69, 9.17) is 4.74 Å². The normalized spacial score (nSPS) is 20.9. The van der Waals surface area contributed by atoms with Gasteiger partial charge in [0.25, 0.3) is 0 Å². The molecule has 7 nitrogen and oxygen atoms in total. The zero-order valence-electron chi connectivity index (χ0n) is 12.4. The molecular weight excluding hydrogens is 282 g/mol. The maximum Gasteiger partial charge on any atom is 0.315 e. The first-order valence-corrected chi connectivity index (χ1v) is 8.73. The van der Waals surface area contributed by atoms with Gasteiger partial charge in [0.2, 0.25) is 10.0 Å².